The average Bonchev–Trinajstić information content (AvgIpc) is 3.32. The molecule has 1 heterocycles. The van der Waals surface area contributed by atoms with Crippen molar-refractivity contribution in [3.05, 3.63) is 90.1 Å². The monoisotopic (exact) mass is 504 g/mol. The van der Waals surface area contributed by atoms with Crippen LogP contribution in [0.1, 0.15) is 31.0 Å². The average molecular weight is 505 g/mol. The third kappa shape index (κ3) is 6.74. The number of methoxy groups -OCH3 is 1. The third-order valence-corrected chi connectivity index (χ3v) is 6.97. The van der Waals surface area contributed by atoms with Gasteiger partial charge in [-0.05, 0) is 54.8 Å². The van der Waals surface area contributed by atoms with Gasteiger partial charge in [0.1, 0.15) is 11.6 Å². The number of hydrogen-bond acceptors (Lipinski definition) is 4. The zero-order valence-electron chi connectivity index (χ0n) is 20.6. The highest BCUT2D eigenvalue weighted by Gasteiger charge is 2.16. The van der Waals surface area contributed by atoms with E-state index in [0.717, 1.165) is 53.4 Å². The van der Waals surface area contributed by atoms with Gasteiger partial charge in [-0.1, -0.05) is 55.8 Å². The van der Waals surface area contributed by atoms with Gasteiger partial charge in [-0.3, -0.25) is 4.72 Å². The first-order chi connectivity index (χ1) is 17.5. The number of anilines is 1. The Morgan fingerprint density at radius 2 is 1.61 bits per heavy atom. The molecule has 3 N–H and O–H groups in total. The van der Waals surface area contributed by atoms with Crippen LogP contribution in [-0.2, 0) is 23.1 Å². The summed E-state index contributed by atoms with van der Waals surface area (Å²) in [6, 6.07) is 25.0. The smallest absolute Gasteiger partial charge is 0.299 e. The molecule has 0 aliphatic heterocycles. The molecule has 0 aliphatic rings. The number of rotatable bonds is 12. The van der Waals surface area contributed by atoms with Crippen molar-refractivity contribution in [2.45, 2.75) is 32.6 Å². The molecule has 0 fully saturated rings. The van der Waals surface area contributed by atoms with Crippen LogP contribution in [0.2, 0.25) is 0 Å². The molecule has 7 nitrogen and oxygen atoms in total. The summed E-state index contributed by atoms with van der Waals surface area (Å²) in [5.41, 5.74) is 5.26. The quantitative estimate of drug-likeness (QED) is 0.235. The van der Waals surface area contributed by atoms with Crippen LogP contribution in [0.5, 0.6) is 5.75 Å². The maximum atomic E-state index is 12.6. The van der Waals surface area contributed by atoms with Crippen molar-refractivity contribution in [3.8, 4) is 28.4 Å². The Labute approximate surface area is 213 Å². The second-order valence-corrected chi connectivity index (χ2v) is 10.1. The van der Waals surface area contributed by atoms with Crippen molar-refractivity contribution >= 4 is 15.9 Å². The number of aromatic amines is 1. The lowest BCUT2D eigenvalue weighted by atomic mass is 10.1. The molecule has 188 valence electrons. The van der Waals surface area contributed by atoms with Crippen LogP contribution in [-0.4, -0.2) is 32.0 Å². The van der Waals surface area contributed by atoms with E-state index in [-0.39, 0.29) is 6.54 Å². The van der Waals surface area contributed by atoms with Crippen LogP contribution in [0, 0.1) is 0 Å². The third-order valence-electron chi connectivity index (χ3n) is 5.88. The number of nitrogens with one attached hydrogen (secondary N) is 3. The Morgan fingerprint density at radius 1 is 0.889 bits per heavy atom. The van der Waals surface area contributed by atoms with Gasteiger partial charge in [0.05, 0.1) is 12.8 Å². The number of nitrogens with zero attached hydrogens (tertiary/aromatic N) is 1. The fourth-order valence-electron chi connectivity index (χ4n) is 3.93. The lowest BCUT2D eigenvalue weighted by molar-refractivity contribution is 0.415. The molecule has 1 aromatic heterocycles. The van der Waals surface area contributed by atoms with Crippen molar-refractivity contribution < 1.29 is 13.2 Å². The summed E-state index contributed by atoms with van der Waals surface area (Å²) in [5, 5.41) is 0. The van der Waals surface area contributed by atoms with Gasteiger partial charge >= 0.3 is 0 Å². The van der Waals surface area contributed by atoms with Gasteiger partial charge in [0.25, 0.3) is 10.2 Å². The lowest BCUT2D eigenvalue weighted by Gasteiger charge is -2.10. The molecule has 0 radical (unpaired) electrons. The van der Waals surface area contributed by atoms with Gasteiger partial charge < -0.3 is 9.72 Å². The maximum Gasteiger partial charge on any atom is 0.299 e. The zero-order chi connectivity index (χ0) is 25.4. The van der Waals surface area contributed by atoms with Gasteiger partial charge in [-0.15, -0.1) is 0 Å². The summed E-state index contributed by atoms with van der Waals surface area (Å²) in [5.74, 6) is 1.50. The Hall–Kier alpha value is -3.62. The predicted octanol–water partition coefficient (Wildman–Crippen LogP) is 5.58. The zero-order valence-corrected chi connectivity index (χ0v) is 21.4. The second kappa shape index (κ2) is 11.9. The summed E-state index contributed by atoms with van der Waals surface area (Å²) >= 11 is 0. The first kappa shape index (κ1) is 25.5. The number of ether oxygens (including phenoxy) is 1. The van der Waals surface area contributed by atoms with E-state index in [1.54, 1.807) is 19.2 Å². The highest BCUT2D eigenvalue weighted by Crippen LogP contribution is 2.28. The molecule has 36 heavy (non-hydrogen) atoms. The number of aromatic nitrogens is 2. The summed E-state index contributed by atoms with van der Waals surface area (Å²) in [4.78, 5) is 8.22. The maximum absolute atomic E-state index is 12.6. The summed E-state index contributed by atoms with van der Waals surface area (Å²) in [6.07, 6.45) is 3.68. The minimum absolute atomic E-state index is 0.212. The molecule has 0 unspecified atom stereocenters. The normalized spacial score (nSPS) is 11.4. The molecule has 8 heteroatoms. The fourth-order valence-corrected chi connectivity index (χ4v) is 4.82. The molecule has 0 aliphatic carbocycles. The van der Waals surface area contributed by atoms with Crippen LogP contribution in [0.25, 0.3) is 22.6 Å². The first-order valence-electron chi connectivity index (χ1n) is 12.1. The second-order valence-electron chi connectivity index (χ2n) is 8.56. The Morgan fingerprint density at radius 3 is 2.28 bits per heavy atom. The van der Waals surface area contributed by atoms with E-state index in [1.807, 2.05) is 66.7 Å². The van der Waals surface area contributed by atoms with Crippen LogP contribution < -0.4 is 14.2 Å². The van der Waals surface area contributed by atoms with Crippen LogP contribution in [0.15, 0.2) is 78.9 Å². The Kier molecular flexibility index (Phi) is 8.40. The van der Waals surface area contributed by atoms with Crippen molar-refractivity contribution in [3.63, 3.8) is 0 Å². The summed E-state index contributed by atoms with van der Waals surface area (Å²) in [7, 11) is -2.09. The van der Waals surface area contributed by atoms with Crippen molar-refractivity contribution in [1.29, 1.82) is 0 Å². The van der Waals surface area contributed by atoms with E-state index < -0.39 is 10.2 Å². The van der Waals surface area contributed by atoms with E-state index >= 15 is 0 Å². The van der Waals surface area contributed by atoms with E-state index in [0.29, 0.717) is 12.1 Å². The molecule has 0 saturated carbocycles. The molecule has 4 rings (SSSR count). The fraction of sp³-hybridized carbons (Fsp3) is 0.250. The molecule has 0 amide bonds. The van der Waals surface area contributed by atoms with Crippen LogP contribution in [0.3, 0.4) is 0 Å². The van der Waals surface area contributed by atoms with Crippen molar-refractivity contribution in [1.82, 2.24) is 14.7 Å². The van der Waals surface area contributed by atoms with Gasteiger partial charge in [-0.25, -0.2) is 4.98 Å². The van der Waals surface area contributed by atoms with Gasteiger partial charge in [0.15, 0.2) is 0 Å². The van der Waals surface area contributed by atoms with Gasteiger partial charge in [0, 0.05) is 35.5 Å². The van der Waals surface area contributed by atoms with Crippen LogP contribution >= 0.6 is 0 Å². The van der Waals surface area contributed by atoms with E-state index in [9.17, 15) is 8.42 Å². The number of benzene rings is 3. The van der Waals surface area contributed by atoms with Gasteiger partial charge in [-0.2, -0.15) is 13.1 Å². The predicted molar refractivity (Wildman–Crippen MR) is 145 cm³/mol. The number of aryl methyl sites for hydroxylation is 1. The number of imidazole rings is 1. The Bertz CT molecular complexity index is 1350. The first-order valence-corrected chi connectivity index (χ1v) is 13.6. The molecule has 0 atom stereocenters. The van der Waals surface area contributed by atoms with Gasteiger partial charge in [0.2, 0.25) is 0 Å². The summed E-state index contributed by atoms with van der Waals surface area (Å²) < 4.78 is 35.8. The number of unbranched alkanes of at least 4 members (excludes halogenated alkanes) is 1. The molecular formula is C28H32N4O3S. The Balaban J connectivity index is 1.46. The van der Waals surface area contributed by atoms with E-state index in [4.69, 9.17) is 9.72 Å². The van der Waals surface area contributed by atoms with Crippen LogP contribution in [0.4, 0.5) is 5.69 Å². The molecule has 0 bridgehead atoms. The van der Waals surface area contributed by atoms with E-state index in [1.165, 1.54) is 5.56 Å². The topological polar surface area (TPSA) is 96.1 Å². The molecule has 3 aromatic carbocycles. The SMILES string of the molecule is CCCCc1ccc(NS(=O)(=O)NCCc2[nH]c(-c3ccccc3)nc2-c2ccc(OC)cc2)cc1. The largest absolute Gasteiger partial charge is 0.497 e. The minimum atomic E-state index is -3.72. The van der Waals surface area contributed by atoms with Crippen molar-refractivity contribution in [2.75, 3.05) is 18.4 Å². The standard InChI is InChI=1S/C28H32N4O3S/c1-3-4-8-21-11-15-24(16-12-21)32-36(33,34)29-20-19-26-27(22-13-17-25(35-2)18-14-22)31-28(30-26)23-9-6-5-7-10-23/h5-7,9-18,29,32H,3-4,8,19-20H2,1-2H3,(H,30,31). The van der Waals surface area contributed by atoms with E-state index in [2.05, 4.69) is 21.4 Å². The molecule has 0 spiro atoms. The highest BCUT2D eigenvalue weighted by molar-refractivity contribution is 7.90. The minimum Gasteiger partial charge on any atom is -0.497 e. The van der Waals surface area contributed by atoms with Crippen molar-refractivity contribution in [2.24, 2.45) is 0 Å². The molecule has 0 saturated heterocycles. The number of hydrogen-bond donors (Lipinski definition) is 3. The lowest BCUT2D eigenvalue weighted by Crippen LogP contribution is -2.31. The molecule has 4 aromatic rings. The molecular weight excluding hydrogens is 472 g/mol. The number of H-pyrrole nitrogens is 1. The highest BCUT2D eigenvalue weighted by atomic mass is 32.2. The summed E-state index contributed by atoms with van der Waals surface area (Å²) in [6.45, 7) is 2.36.